The number of nitrogens with zero attached hydrogens (tertiary/aromatic N) is 2. The molecule has 1 aliphatic carbocycles. The molecular formula is C14H25N3O2. The number of ether oxygens (including phenoxy) is 1. The topological polar surface area (TPSA) is 60.2 Å². The van der Waals surface area contributed by atoms with Crippen molar-refractivity contribution in [2.45, 2.75) is 57.9 Å². The molecule has 1 fully saturated rings. The first-order chi connectivity index (χ1) is 9.33. The molecule has 1 heterocycles. The van der Waals surface area contributed by atoms with Crippen LogP contribution < -0.4 is 5.32 Å². The molecule has 0 atom stereocenters. The minimum absolute atomic E-state index is 0.447. The van der Waals surface area contributed by atoms with Gasteiger partial charge in [-0.25, -0.2) is 0 Å². The van der Waals surface area contributed by atoms with Crippen LogP contribution >= 0.6 is 0 Å². The highest BCUT2D eigenvalue weighted by Crippen LogP contribution is 2.31. The van der Waals surface area contributed by atoms with Crippen LogP contribution in [0.5, 0.6) is 0 Å². The fourth-order valence-corrected chi connectivity index (χ4v) is 2.68. The second-order valence-electron chi connectivity index (χ2n) is 5.10. The van der Waals surface area contributed by atoms with Crippen LogP contribution in [0.4, 0.5) is 0 Å². The van der Waals surface area contributed by atoms with Crippen LogP contribution in [0, 0.1) is 0 Å². The minimum atomic E-state index is 0.447. The molecule has 0 aliphatic heterocycles. The number of aromatic nitrogens is 2. The molecule has 1 N–H and O–H groups in total. The summed E-state index contributed by atoms with van der Waals surface area (Å²) in [7, 11) is 0. The molecule has 0 bridgehead atoms. The van der Waals surface area contributed by atoms with Crippen molar-refractivity contribution in [3.8, 4) is 0 Å². The van der Waals surface area contributed by atoms with Crippen molar-refractivity contribution in [2.24, 2.45) is 0 Å². The van der Waals surface area contributed by atoms with Crippen molar-refractivity contribution in [2.75, 3.05) is 19.8 Å². The van der Waals surface area contributed by atoms with Crippen molar-refractivity contribution in [1.82, 2.24) is 15.5 Å². The lowest BCUT2D eigenvalue weighted by Gasteiger charge is -2.26. The van der Waals surface area contributed by atoms with Gasteiger partial charge in [0.1, 0.15) is 0 Å². The van der Waals surface area contributed by atoms with Gasteiger partial charge in [-0.15, -0.1) is 0 Å². The summed E-state index contributed by atoms with van der Waals surface area (Å²) in [4.78, 5) is 4.50. The molecule has 0 radical (unpaired) electrons. The van der Waals surface area contributed by atoms with Crippen LogP contribution in [0.1, 0.15) is 57.2 Å². The Balaban J connectivity index is 1.79. The third-order valence-electron chi connectivity index (χ3n) is 3.73. The normalized spacial score (nSPS) is 23.7. The predicted octanol–water partition coefficient (Wildman–Crippen LogP) is 2.28. The fraction of sp³-hybridized carbons (Fsp3) is 0.857. The maximum absolute atomic E-state index is 5.39. The zero-order valence-corrected chi connectivity index (χ0v) is 12.0. The summed E-state index contributed by atoms with van der Waals surface area (Å²) >= 11 is 0. The van der Waals surface area contributed by atoms with Crippen molar-refractivity contribution in [1.29, 1.82) is 0 Å². The van der Waals surface area contributed by atoms with Gasteiger partial charge in [0, 0.05) is 25.0 Å². The monoisotopic (exact) mass is 267 g/mol. The molecule has 5 heteroatoms. The Morgan fingerprint density at radius 2 is 2.05 bits per heavy atom. The van der Waals surface area contributed by atoms with Crippen LogP contribution in [0.25, 0.3) is 0 Å². The highest BCUT2D eigenvalue weighted by Gasteiger charge is 2.25. The van der Waals surface area contributed by atoms with Crippen LogP contribution in [-0.2, 0) is 11.2 Å². The third kappa shape index (κ3) is 4.28. The van der Waals surface area contributed by atoms with E-state index in [1.165, 1.54) is 12.8 Å². The molecular weight excluding hydrogens is 242 g/mol. The van der Waals surface area contributed by atoms with E-state index in [0.29, 0.717) is 18.6 Å². The first-order valence-corrected chi connectivity index (χ1v) is 7.47. The Morgan fingerprint density at radius 3 is 2.74 bits per heavy atom. The van der Waals surface area contributed by atoms with Crippen LogP contribution in [0.3, 0.4) is 0 Å². The van der Waals surface area contributed by atoms with Gasteiger partial charge in [-0.2, -0.15) is 4.98 Å². The van der Waals surface area contributed by atoms with E-state index < -0.39 is 0 Å². The molecule has 19 heavy (non-hydrogen) atoms. The minimum Gasteiger partial charge on any atom is -0.381 e. The summed E-state index contributed by atoms with van der Waals surface area (Å²) < 4.78 is 10.7. The number of rotatable bonds is 7. The van der Waals surface area contributed by atoms with Crippen molar-refractivity contribution < 1.29 is 9.26 Å². The highest BCUT2D eigenvalue weighted by molar-refractivity contribution is 4.97. The molecule has 0 unspecified atom stereocenters. The third-order valence-corrected chi connectivity index (χ3v) is 3.73. The average molecular weight is 267 g/mol. The molecule has 0 spiro atoms. The van der Waals surface area contributed by atoms with Gasteiger partial charge in [0.2, 0.25) is 5.89 Å². The largest absolute Gasteiger partial charge is 0.381 e. The molecule has 5 nitrogen and oxygen atoms in total. The van der Waals surface area contributed by atoms with E-state index in [4.69, 9.17) is 9.26 Å². The molecule has 0 amide bonds. The van der Waals surface area contributed by atoms with Gasteiger partial charge in [-0.05, 0) is 39.2 Å². The summed E-state index contributed by atoms with van der Waals surface area (Å²) in [6.07, 6.45) is 5.43. The van der Waals surface area contributed by atoms with E-state index in [0.717, 1.165) is 44.1 Å². The Hall–Kier alpha value is -0.940. The standard InChI is InChI=1S/C14H25N3O2/c1-3-15-12-7-5-11(6-8-12)14-16-13(17-19-14)9-10-18-4-2/h11-12,15H,3-10H2,1-2H3. The number of hydrogen-bond acceptors (Lipinski definition) is 5. The first-order valence-electron chi connectivity index (χ1n) is 7.47. The summed E-state index contributed by atoms with van der Waals surface area (Å²) in [5, 5.41) is 7.55. The van der Waals surface area contributed by atoms with Gasteiger partial charge in [0.25, 0.3) is 0 Å². The zero-order valence-electron chi connectivity index (χ0n) is 12.0. The molecule has 1 aromatic heterocycles. The van der Waals surface area contributed by atoms with E-state index >= 15 is 0 Å². The number of hydrogen-bond donors (Lipinski definition) is 1. The molecule has 1 aliphatic rings. The van der Waals surface area contributed by atoms with Gasteiger partial charge in [0.15, 0.2) is 5.82 Å². The Labute approximate surface area is 115 Å². The summed E-state index contributed by atoms with van der Waals surface area (Å²) in [6, 6.07) is 0.668. The summed E-state index contributed by atoms with van der Waals surface area (Å²) in [5.74, 6) is 2.04. The average Bonchev–Trinajstić information content (AvgIpc) is 2.89. The summed E-state index contributed by atoms with van der Waals surface area (Å²) in [5.41, 5.74) is 0. The number of nitrogens with one attached hydrogen (secondary N) is 1. The lowest BCUT2D eigenvalue weighted by Crippen LogP contribution is -2.32. The van der Waals surface area contributed by atoms with Gasteiger partial charge >= 0.3 is 0 Å². The zero-order chi connectivity index (χ0) is 13.5. The molecule has 1 saturated carbocycles. The first kappa shape index (κ1) is 14.5. The maximum Gasteiger partial charge on any atom is 0.229 e. The SMILES string of the molecule is CCNC1CCC(c2nc(CCOCC)no2)CC1. The van der Waals surface area contributed by atoms with E-state index in [9.17, 15) is 0 Å². The smallest absolute Gasteiger partial charge is 0.229 e. The lowest BCUT2D eigenvalue weighted by atomic mass is 9.86. The van der Waals surface area contributed by atoms with Gasteiger partial charge in [-0.3, -0.25) is 0 Å². The molecule has 1 aromatic rings. The Morgan fingerprint density at radius 1 is 1.26 bits per heavy atom. The Bertz CT molecular complexity index is 359. The second-order valence-corrected chi connectivity index (χ2v) is 5.10. The molecule has 108 valence electrons. The summed E-state index contributed by atoms with van der Waals surface area (Å²) in [6.45, 7) is 6.61. The molecule has 2 rings (SSSR count). The van der Waals surface area contributed by atoms with E-state index in [2.05, 4.69) is 22.4 Å². The Kier molecular flexibility index (Phi) is 5.79. The van der Waals surface area contributed by atoms with Gasteiger partial charge in [-0.1, -0.05) is 12.1 Å². The van der Waals surface area contributed by atoms with Crippen LogP contribution in [0.2, 0.25) is 0 Å². The lowest BCUT2D eigenvalue weighted by molar-refractivity contribution is 0.149. The van der Waals surface area contributed by atoms with Crippen molar-refractivity contribution >= 4 is 0 Å². The van der Waals surface area contributed by atoms with Gasteiger partial charge in [0.05, 0.1) is 6.61 Å². The van der Waals surface area contributed by atoms with Crippen molar-refractivity contribution in [3.05, 3.63) is 11.7 Å². The molecule has 0 saturated heterocycles. The quantitative estimate of drug-likeness (QED) is 0.768. The van der Waals surface area contributed by atoms with Crippen molar-refractivity contribution in [3.63, 3.8) is 0 Å². The van der Waals surface area contributed by atoms with E-state index in [1.54, 1.807) is 0 Å². The van der Waals surface area contributed by atoms with Crippen LogP contribution in [-0.4, -0.2) is 35.9 Å². The second kappa shape index (κ2) is 7.60. The van der Waals surface area contributed by atoms with Crippen LogP contribution in [0.15, 0.2) is 4.52 Å². The van der Waals surface area contributed by atoms with Gasteiger partial charge < -0.3 is 14.6 Å². The molecule has 0 aromatic carbocycles. The highest BCUT2D eigenvalue weighted by atomic mass is 16.5. The predicted molar refractivity (Wildman–Crippen MR) is 73.2 cm³/mol. The van der Waals surface area contributed by atoms with E-state index in [1.807, 2.05) is 6.92 Å². The maximum atomic E-state index is 5.39. The van der Waals surface area contributed by atoms with E-state index in [-0.39, 0.29) is 0 Å². The fourth-order valence-electron chi connectivity index (χ4n) is 2.68.